The normalized spacial score (nSPS) is 11.8. The van der Waals surface area contributed by atoms with Crippen molar-refractivity contribution >= 4 is 23.6 Å². The van der Waals surface area contributed by atoms with Gasteiger partial charge in [0.05, 0.1) is 5.75 Å². The Morgan fingerprint density at radius 3 is 2.75 bits per heavy atom. The molecular weight excluding hydrogens is 326 g/mol. The van der Waals surface area contributed by atoms with Crippen LogP contribution in [0.15, 0.2) is 35.5 Å². The van der Waals surface area contributed by atoms with Crippen molar-refractivity contribution in [2.75, 3.05) is 12.3 Å². The third kappa shape index (κ3) is 5.38. The maximum Gasteiger partial charge on any atom is 0.242 e. The molecule has 3 N–H and O–H groups in total. The number of H-pyrrole nitrogens is 1. The number of nitrogens with zero attached hydrogens (tertiary/aromatic N) is 2. The second-order valence-electron chi connectivity index (χ2n) is 5.20. The molecule has 2 aromatic rings. The van der Waals surface area contributed by atoms with E-state index in [4.69, 9.17) is 0 Å². The quantitative estimate of drug-likeness (QED) is 0.630. The van der Waals surface area contributed by atoms with Gasteiger partial charge in [-0.3, -0.25) is 14.7 Å². The third-order valence-electron chi connectivity index (χ3n) is 3.16. The summed E-state index contributed by atoms with van der Waals surface area (Å²) in [6.07, 6.45) is 0.858. The zero-order chi connectivity index (χ0) is 17.4. The van der Waals surface area contributed by atoms with Crippen molar-refractivity contribution in [2.24, 2.45) is 0 Å². The largest absolute Gasteiger partial charge is 0.354 e. The van der Waals surface area contributed by atoms with Crippen LogP contribution < -0.4 is 10.6 Å². The molecule has 1 heterocycles. The topological polar surface area (TPSA) is 99.8 Å². The van der Waals surface area contributed by atoms with Crippen LogP contribution >= 0.6 is 11.8 Å². The fraction of sp³-hybridized carbons (Fsp3) is 0.375. The van der Waals surface area contributed by atoms with E-state index in [0.717, 1.165) is 12.0 Å². The molecule has 0 bridgehead atoms. The molecule has 128 valence electrons. The molecule has 0 aliphatic rings. The predicted octanol–water partition coefficient (Wildman–Crippen LogP) is 1.59. The summed E-state index contributed by atoms with van der Waals surface area (Å²) in [6.45, 7) is 4.24. The number of carbonyl (C=O) groups is 2. The molecule has 2 amide bonds. The Hall–Kier alpha value is -2.35. The zero-order valence-corrected chi connectivity index (χ0v) is 14.5. The standard InChI is InChI=1S/C16H21N5O2S/c1-3-9-17-15(23)11(2)18-13(22)10-24-16-19-14(20-21-16)12-7-5-4-6-8-12/h4-8,11H,3,9-10H2,1-2H3,(H,17,23)(H,18,22)(H,19,20,21)/t11-/m1/s1. The van der Waals surface area contributed by atoms with E-state index in [0.29, 0.717) is 17.5 Å². The van der Waals surface area contributed by atoms with E-state index in [9.17, 15) is 9.59 Å². The van der Waals surface area contributed by atoms with Crippen molar-refractivity contribution in [3.05, 3.63) is 30.3 Å². The van der Waals surface area contributed by atoms with Crippen LogP contribution in [-0.4, -0.2) is 45.3 Å². The molecule has 0 spiro atoms. The van der Waals surface area contributed by atoms with Crippen molar-refractivity contribution in [1.29, 1.82) is 0 Å². The molecule has 1 atom stereocenters. The number of carbonyl (C=O) groups excluding carboxylic acids is 2. The van der Waals surface area contributed by atoms with Gasteiger partial charge in [0.2, 0.25) is 17.0 Å². The Bertz CT molecular complexity index is 674. The number of nitrogens with one attached hydrogen (secondary N) is 3. The van der Waals surface area contributed by atoms with Crippen LogP contribution in [0.4, 0.5) is 0 Å². The zero-order valence-electron chi connectivity index (χ0n) is 13.7. The van der Waals surface area contributed by atoms with Crippen LogP contribution in [0.1, 0.15) is 20.3 Å². The molecule has 24 heavy (non-hydrogen) atoms. The predicted molar refractivity (Wildman–Crippen MR) is 93.4 cm³/mol. The lowest BCUT2D eigenvalue weighted by molar-refractivity contribution is -0.127. The molecule has 0 aliphatic carbocycles. The number of amides is 2. The van der Waals surface area contributed by atoms with Crippen LogP contribution in [0.5, 0.6) is 0 Å². The van der Waals surface area contributed by atoms with Crippen molar-refractivity contribution in [3.63, 3.8) is 0 Å². The second kappa shape index (κ2) is 9.07. The lowest BCUT2D eigenvalue weighted by atomic mass is 10.2. The number of thioether (sulfide) groups is 1. The highest BCUT2D eigenvalue weighted by molar-refractivity contribution is 7.99. The Balaban J connectivity index is 1.80. The number of rotatable bonds is 8. The molecule has 0 unspecified atom stereocenters. The van der Waals surface area contributed by atoms with E-state index in [1.54, 1.807) is 6.92 Å². The Morgan fingerprint density at radius 2 is 2.04 bits per heavy atom. The van der Waals surface area contributed by atoms with Gasteiger partial charge in [-0.15, -0.1) is 5.10 Å². The lowest BCUT2D eigenvalue weighted by Crippen LogP contribution is -2.45. The third-order valence-corrected chi connectivity index (χ3v) is 4.01. The monoisotopic (exact) mass is 347 g/mol. The Labute approximate surface area is 145 Å². The summed E-state index contributed by atoms with van der Waals surface area (Å²) in [6, 6.07) is 9.07. The van der Waals surface area contributed by atoms with Crippen molar-refractivity contribution in [1.82, 2.24) is 25.8 Å². The molecule has 0 aliphatic heterocycles. The van der Waals surface area contributed by atoms with Gasteiger partial charge >= 0.3 is 0 Å². The van der Waals surface area contributed by atoms with Gasteiger partial charge in [-0.2, -0.15) is 0 Å². The summed E-state index contributed by atoms with van der Waals surface area (Å²) in [4.78, 5) is 28.0. The molecule has 0 saturated heterocycles. The van der Waals surface area contributed by atoms with Gasteiger partial charge in [0.1, 0.15) is 6.04 Å². The van der Waals surface area contributed by atoms with Crippen LogP contribution in [0, 0.1) is 0 Å². The van der Waals surface area contributed by atoms with E-state index in [1.165, 1.54) is 11.8 Å². The fourth-order valence-corrected chi connectivity index (χ4v) is 2.53. The lowest BCUT2D eigenvalue weighted by Gasteiger charge is -2.13. The average Bonchev–Trinajstić information content (AvgIpc) is 3.07. The number of hydrogen-bond donors (Lipinski definition) is 3. The van der Waals surface area contributed by atoms with Gasteiger partial charge in [-0.25, -0.2) is 4.98 Å². The molecule has 1 aromatic carbocycles. The number of aromatic amines is 1. The molecule has 0 radical (unpaired) electrons. The van der Waals surface area contributed by atoms with Crippen LogP contribution in [0.3, 0.4) is 0 Å². The first-order chi connectivity index (χ1) is 11.6. The minimum atomic E-state index is -0.559. The van der Waals surface area contributed by atoms with E-state index in [1.807, 2.05) is 37.3 Å². The maximum atomic E-state index is 11.9. The molecule has 7 nitrogen and oxygen atoms in total. The first-order valence-electron chi connectivity index (χ1n) is 7.78. The van der Waals surface area contributed by atoms with Gasteiger partial charge in [0.15, 0.2) is 5.82 Å². The minimum absolute atomic E-state index is 0.150. The number of benzene rings is 1. The van der Waals surface area contributed by atoms with E-state index >= 15 is 0 Å². The second-order valence-corrected chi connectivity index (χ2v) is 6.14. The molecule has 0 saturated carbocycles. The highest BCUT2D eigenvalue weighted by Gasteiger charge is 2.15. The smallest absolute Gasteiger partial charge is 0.242 e. The maximum absolute atomic E-state index is 11.9. The molecule has 0 fully saturated rings. The minimum Gasteiger partial charge on any atom is -0.354 e. The number of aromatic nitrogens is 3. The summed E-state index contributed by atoms with van der Waals surface area (Å²) in [5, 5.41) is 12.8. The van der Waals surface area contributed by atoms with Crippen LogP contribution in [-0.2, 0) is 9.59 Å². The summed E-state index contributed by atoms with van der Waals surface area (Å²) in [5.41, 5.74) is 0.933. The van der Waals surface area contributed by atoms with Gasteiger partial charge in [-0.1, -0.05) is 49.0 Å². The van der Waals surface area contributed by atoms with Crippen LogP contribution in [0.25, 0.3) is 11.4 Å². The molecule has 1 aromatic heterocycles. The fourth-order valence-electron chi connectivity index (χ4n) is 1.92. The summed E-state index contributed by atoms with van der Waals surface area (Å²) < 4.78 is 0. The van der Waals surface area contributed by atoms with Crippen molar-refractivity contribution < 1.29 is 9.59 Å². The van der Waals surface area contributed by atoms with E-state index in [2.05, 4.69) is 25.8 Å². The van der Waals surface area contributed by atoms with E-state index in [-0.39, 0.29) is 17.6 Å². The highest BCUT2D eigenvalue weighted by Crippen LogP contribution is 2.18. The summed E-state index contributed by atoms with van der Waals surface area (Å²) >= 11 is 1.22. The van der Waals surface area contributed by atoms with Gasteiger partial charge in [0.25, 0.3) is 0 Å². The van der Waals surface area contributed by atoms with Gasteiger partial charge < -0.3 is 10.6 Å². The van der Waals surface area contributed by atoms with Crippen LogP contribution in [0.2, 0.25) is 0 Å². The van der Waals surface area contributed by atoms with E-state index < -0.39 is 6.04 Å². The van der Waals surface area contributed by atoms with Gasteiger partial charge in [-0.05, 0) is 13.3 Å². The molecule has 2 rings (SSSR count). The Morgan fingerprint density at radius 1 is 1.29 bits per heavy atom. The first-order valence-corrected chi connectivity index (χ1v) is 8.76. The molecular formula is C16H21N5O2S. The van der Waals surface area contributed by atoms with Crippen molar-refractivity contribution in [2.45, 2.75) is 31.5 Å². The summed E-state index contributed by atoms with van der Waals surface area (Å²) in [5.74, 6) is 0.396. The Kier molecular flexibility index (Phi) is 6.80. The molecule has 8 heteroatoms. The SMILES string of the molecule is CCCNC(=O)[C@@H](C)NC(=O)CSc1n[nH]c(-c2ccccc2)n1. The average molecular weight is 347 g/mol. The highest BCUT2D eigenvalue weighted by atomic mass is 32.2. The van der Waals surface area contributed by atoms with Gasteiger partial charge in [0, 0.05) is 12.1 Å². The van der Waals surface area contributed by atoms with Crippen molar-refractivity contribution in [3.8, 4) is 11.4 Å². The summed E-state index contributed by atoms with van der Waals surface area (Å²) in [7, 11) is 0. The number of hydrogen-bond acceptors (Lipinski definition) is 5. The first kappa shape index (κ1) is 18.0.